The Hall–Kier alpha value is -0.560. The second kappa shape index (κ2) is 5.35. The second-order valence-corrected chi connectivity index (χ2v) is 3.62. The molecule has 2 saturated heterocycles. The highest BCUT2D eigenvalue weighted by Crippen LogP contribution is 2.13. The lowest BCUT2D eigenvalue weighted by atomic mass is 10.2. The van der Waals surface area contributed by atoms with Crippen molar-refractivity contribution >= 4 is 0 Å². The number of rotatable bonds is 3. The van der Waals surface area contributed by atoms with Crippen molar-refractivity contribution in [1.82, 2.24) is 0 Å². The molecule has 1 unspecified atom stereocenters. The third kappa shape index (κ3) is 3.67. The van der Waals surface area contributed by atoms with E-state index in [1.807, 2.05) is 0 Å². The first-order valence-electron chi connectivity index (χ1n) is 5.25. The molecule has 3 heteroatoms. The molecule has 0 aromatic heterocycles. The van der Waals surface area contributed by atoms with Crippen LogP contribution in [0.3, 0.4) is 0 Å². The van der Waals surface area contributed by atoms with Gasteiger partial charge in [-0.2, -0.15) is 0 Å². The quantitative estimate of drug-likeness (QED) is 0.504. The summed E-state index contributed by atoms with van der Waals surface area (Å²) in [5.41, 5.74) is 0. The molecule has 0 bridgehead atoms. The normalized spacial score (nSPS) is 30.6. The summed E-state index contributed by atoms with van der Waals surface area (Å²) in [6.07, 6.45) is 4.59. The SMILES string of the molecule is C(#CC[C@H]1CO1)COC1CCCCO1. The van der Waals surface area contributed by atoms with Gasteiger partial charge < -0.3 is 14.2 Å². The summed E-state index contributed by atoms with van der Waals surface area (Å²) >= 11 is 0. The average Bonchev–Trinajstić information content (AvgIpc) is 3.03. The van der Waals surface area contributed by atoms with E-state index < -0.39 is 0 Å². The molecule has 78 valence electrons. The van der Waals surface area contributed by atoms with Crippen molar-refractivity contribution in [3.8, 4) is 11.8 Å². The van der Waals surface area contributed by atoms with E-state index in [2.05, 4.69) is 11.8 Å². The van der Waals surface area contributed by atoms with Gasteiger partial charge in [-0.05, 0) is 19.3 Å². The van der Waals surface area contributed by atoms with Crippen molar-refractivity contribution in [3.63, 3.8) is 0 Å². The molecule has 2 aliphatic rings. The fourth-order valence-corrected chi connectivity index (χ4v) is 1.40. The van der Waals surface area contributed by atoms with Crippen LogP contribution >= 0.6 is 0 Å². The molecule has 3 nitrogen and oxygen atoms in total. The van der Waals surface area contributed by atoms with E-state index in [1.54, 1.807) is 0 Å². The summed E-state index contributed by atoms with van der Waals surface area (Å²) in [4.78, 5) is 0. The molecule has 0 aromatic carbocycles. The minimum atomic E-state index is -0.0183. The Kier molecular flexibility index (Phi) is 3.81. The lowest BCUT2D eigenvalue weighted by molar-refractivity contribution is -0.154. The highest BCUT2D eigenvalue weighted by atomic mass is 16.7. The zero-order valence-electron chi connectivity index (χ0n) is 8.33. The van der Waals surface area contributed by atoms with Crippen molar-refractivity contribution in [1.29, 1.82) is 0 Å². The van der Waals surface area contributed by atoms with Gasteiger partial charge in [-0.15, -0.1) is 0 Å². The van der Waals surface area contributed by atoms with Gasteiger partial charge in [-0.3, -0.25) is 0 Å². The Morgan fingerprint density at radius 1 is 1.21 bits per heavy atom. The molecule has 0 amide bonds. The molecule has 14 heavy (non-hydrogen) atoms. The molecule has 2 atom stereocenters. The van der Waals surface area contributed by atoms with Crippen LogP contribution in [-0.4, -0.2) is 32.2 Å². The fraction of sp³-hybridized carbons (Fsp3) is 0.818. The van der Waals surface area contributed by atoms with Gasteiger partial charge in [0.15, 0.2) is 6.29 Å². The summed E-state index contributed by atoms with van der Waals surface area (Å²) in [5.74, 6) is 6.00. The van der Waals surface area contributed by atoms with Crippen molar-refractivity contribution < 1.29 is 14.2 Å². The highest BCUT2D eigenvalue weighted by molar-refractivity contribution is 5.02. The van der Waals surface area contributed by atoms with Crippen molar-refractivity contribution in [2.45, 2.75) is 38.1 Å². The first-order valence-corrected chi connectivity index (χ1v) is 5.25. The van der Waals surface area contributed by atoms with E-state index >= 15 is 0 Å². The Morgan fingerprint density at radius 3 is 2.86 bits per heavy atom. The fourth-order valence-electron chi connectivity index (χ4n) is 1.40. The molecule has 0 aromatic rings. The molecule has 2 fully saturated rings. The summed E-state index contributed by atoms with van der Waals surface area (Å²) in [6.45, 7) is 2.19. The minimum absolute atomic E-state index is 0.0183. The number of epoxide rings is 1. The third-order valence-electron chi connectivity index (χ3n) is 2.34. The van der Waals surface area contributed by atoms with Gasteiger partial charge in [-0.25, -0.2) is 0 Å². The van der Waals surface area contributed by atoms with E-state index in [0.717, 1.165) is 32.5 Å². The van der Waals surface area contributed by atoms with E-state index in [-0.39, 0.29) is 6.29 Å². The van der Waals surface area contributed by atoms with Crippen LogP contribution in [0.15, 0.2) is 0 Å². The monoisotopic (exact) mass is 196 g/mol. The molecule has 2 rings (SSSR count). The van der Waals surface area contributed by atoms with Gasteiger partial charge in [0.2, 0.25) is 0 Å². The van der Waals surface area contributed by atoms with Crippen LogP contribution in [0.25, 0.3) is 0 Å². The van der Waals surface area contributed by atoms with Crippen LogP contribution in [0.4, 0.5) is 0 Å². The average molecular weight is 196 g/mol. The highest BCUT2D eigenvalue weighted by Gasteiger charge is 2.20. The Balaban J connectivity index is 1.53. The summed E-state index contributed by atoms with van der Waals surface area (Å²) in [5, 5.41) is 0. The van der Waals surface area contributed by atoms with E-state index in [0.29, 0.717) is 12.7 Å². The lowest BCUT2D eigenvalue weighted by Crippen LogP contribution is -2.22. The van der Waals surface area contributed by atoms with Crippen LogP contribution < -0.4 is 0 Å². The van der Waals surface area contributed by atoms with Gasteiger partial charge >= 0.3 is 0 Å². The number of hydrogen-bond acceptors (Lipinski definition) is 3. The smallest absolute Gasteiger partial charge is 0.158 e. The second-order valence-electron chi connectivity index (χ2n) is 3.62. The van der Waals surface area contributed by atoms with Gasteiger partial charge in [0.25, 0.3) is 0 Å². The topological polar surface area (TPSA) is 31.0 Å². The van der Waals surface area contributed by atoms with E-state index in [1.165, 1.54) is 6.42 Å². The predicted molar refractivity (Wildman–Crippen MR) is 51.7 cm³/mol. The maximum absolute atomic E-state index is 5.45. The van der Waals surface area contributed by atoms with Crippen LogP contribution in [0.2, 0.25) is 0 Å². The standard InChI is InChI=1S/C11H16O3/c1(5-10-9-14-10)3-7-12-11-6-2-4-8-13-11/h10-11H,2,4-9H2/t10-,11?/m0/s1. The maximum Gasteiger partial charge on any atom is 0.158 e. The Labute approximate surface area is 84.7 Å². The zero-order chi connectivity index (χ0) is 9.64. The van der Waals surface area contributed by atoms with Crippen molar-refractivity contribution in [2.24, 2.45) is 0 Å². The van der Waals surface area contributed by atoms with Gasteiger partial charge in [0, 0.05) is 13.0 Å². The number of ether oxygens (including phenoxy) is 3. The van der Waals surface area contributed by atoms with Crippen molar-refractivity contribution in [2.75, 3.05) is 19.8 Å². The van der Waals surface area contributed by atoms with Crippen LogP contribution in [0.1, 0.15) is 25.7 Å². The third-order valence-corrected chi connectivity index (χ3v) is 2.34. The van der Waals surface area contributed by atoms with Gasteiger partial charge in [0.05, 0.1) is 12.7 Å². The molecular weight excluding hydrogens is 180 g/mol. The van der Waals surface area contributed by atoms with Gasteiger partial charge in [-0.1, -0.05) is 11.8 Å². The molecule has 0 aliphatic carbocycles. The Bertz CT molecular complexity index is 218. The van der Waals surface area contributed by atoms with Crippen LogP contribution in [-0.2, 0) is 14.2 Å². The van der Waals surface area contributed by atoms with Crippen LogP contribution in [0, 0.1) is 11.8 Å². The minimum Gasteiger partial charge on any atom is -0.372 e. The molecule has 0 saturated carbocycles. The lowest BCUT2D eigenvalue weighted by Gasteiger charge is -2.21. The Morgan fingerprint density at radius 2 is 2.14 bits per heavy atom. The molecule has 0 N–H and O–H groups in total. The molecular formula is C11H16O3. The first-order chi connectivity index (χ1) is 6.95. The largest absolute Gasteiger partial charge is 0.372 e. The zero-order valence-corrected chi connectivity index (χ0v) is 8.33. The molecule has 2 aliphatic heterocycles. The van der Waals surface area contributed by atoms with Gasteiger partial charge in [0.1, 0.15) is 6.61 Å². The summed E-state index contributed by atoms with van der Waals surface area (Å²) < 4.78 is 15.9. The molecule has 0 radical (unpaired) electrons. The summed E-state index contributed by atoms with van der Waals surface area (Å²) in [7, 11) is 0. The van der Waals surface area contributed by atoms with Crippen molar-refractivity contribution in [3.05, 3.63) is 0 Å². The summed E-state index contributed by atoms with van der Waals surface area (Å²) in [6, 6.07) is 0. The first kappa shape index (κ1) is 9.97. The molecule has 2 heterocycles. The number of hydrogen-bond donors (Lipinski definition) is 0. The van der Waals surface area contributed by atoms with E-state index in [4.69, 9.17) is 14.2 Å². The van der Waals surface area contributed by atoms with Crippen LogP contribution in [0.5, 0.6) is 0 Å². The maximum atomic E-state index is 5.45. The van der Waals surface area contributed by atoms with E-state index in [9.17, 15) is 0 Å². The predicted octanol–water partition coefficient (Wildman–Crippen LogP) is 1.32. The molecule has 0 spiro atoms.